The normalized spacial score (nSPS) is 17.0. The van der Waals surface area contributed by atoms with Crippen molar-refractivity contribution in [2.45, 2.75) is 45.6 Å². The van der Waals surface area contributed by atoms with E-state index in [0.717, 1.165) is 25.3 Å². The fourth-order valence-electron chi connectivity index (χ4n) is 2.85. The van der Waals surface area contributed by atoms with Crippen LogP contribution in [0.4, 0.5) is 16.3 Å². The molecule has 1 fully saturated rings. The predicted octanol–water partition coefficient (Wildman–Crippen LogP) is 2.09. The van der Waals surface area contributed by atoms with E-state index in [4.69, 9.17) is 5.73 Å². The number of carbonyl (C=O) groups is 2. The number of piperidine rings is 1. The minimum absolute atomic E-state index is 0.0157. The summed E-state index contributed by atoms with van der Waals surface area (Å²) in [6.45, 7) is 5.91. The van der Waals surface area contributed by atoms with Gasteiger partial charge in [-0.1, -0.05) is 20.3 Å². The van der Waals surface area contributed by atoms with Crippen molar-refractivity contribution in [1.29, 1.82) is 0 Å². The Balaban J connectivity index is 2.00. The second-order valence-corrected chi connectivity index (χ2v) is 6.31. The molecular formula is C17H27N5O2. The van der Waals surface area contributed by atoms with Crippen LogP contribution in [-0.4, -0.2) is 36.1 Å². The second kappa shape index (κ2) is 8.52. The summed E-state index contributed by atoms with van der Waals surface area (Å²) in [5.41, 5.74) is 5.78. The first-order valence-corrected chi connectivity index (χ1v) is 8.59. The molecule has 7 heteroatoms. The lowest BCUT2D eigenvalue weighted by Gasteiger charge is -2.27. The van der Waals surface area contributed by atoms with Crippen molar-refractivity contribution in [2.24, 2.45) is 11.7 Å². The van der Waals surface area contributed by atoms with Gasteiger partial charge >= 0.3 is 6.03 Å². The lowest BCUT2D eigenvalue weighted by Crippen LogP contribution is -2.49. The van der Waals surface area contributed by atoms with Crippen LogP contribution in [0.1, 0.15) is 39.5 Å². The van der Waals surface area contributed by atoms with Crippen molar-refractivity contribution < 1.29 is 9.59 Å². The number of hydrogen-bond donors (Lipinski definition) is 3. The average molecular weight is 333 g/mol. The quantitative estimate of drug-likeness (QED) is 0.742. The molecule has 2 atom stereocenters. The summed E-state index contributed by atoms with van der Waals surface area (Å²) in [6, 6.07) is 2.40. The van der Waals surface area contributed by atoms with Gasteiger partial charge in [-0.15, -0.1) is 0 Å². The standard InChI is InChI=1S/C17H27N5O2/c1-3-12(2)15(21-17(18)24)16(23)20-13-7-8-14(19-11-13)22-9-5-4-6-10-22/h7-8,11-12,15H,3-6,9-10H2,1-2H3,(H,20,23)(H3,18,21,24)/t12-,15-/m0/s1. The van der Waals surface area contributed by atoms with E-state index in [1.807, 2.05) is 26.0 Å². The number of anilines is 2. The van der Waals surface area contributed by atoms with Gasteiger partial charge in [0, 0.05) is 13.1 Å². The van der Waals surface area contributed by atoms with Crippen LogP contribution < -0.4 is 21.3 Å². The molecule has 1 aliphatic rings. The molecule has 0 aromatic carbocycles. The number of hydrogen-bond acceptors (Lipinski definition) is 4. The zero-order valence-corrected chi connectivity index (χ0v) is 14.4. The number of pyridine rings is 1. The van der Waals surface area contributed by atoms with Gasteiger partial charge in [-0.05, 0) is 37.3 Å². The molecule has 7 nitrogen and oxygen atoms in total. The van der Waals surface area contributed by atoms with Gasteiger partial charge in [-0.3, -0.25) is 4.79 Å². The molecule has 0 saturated carbocycles. The number of urea groups is 1. The SMILES string of the molecule is CC[C@H](C)[C@H](NC(N)=O)C(=O)Nc1ccc(N2CCCCC2)nc1. The summed E-state index contributed by atoms with van der Waals surface area (Å²) in [5.74, 6) is 0.634. The summed E-state index contributed by atoms with van der Waals surface area (Å²) in [5, 5.41) is 5.31. The molecule has 4 N–H and O–H groups in total. The number of carbonyl (C=O) groups excluding carboxylic acids is 2. The molecule has 1 aliphatic heterocycles. The van der Waals surface area contributed by atoms with Crippen molar-refractivity contribution in [1.82, 2.24) is 10.3 Å². The molecule has 1 saturated heterocycles. The minimum atomic E-state index is -0.700. The Morgan fingerprint density at radius 1 is 1.29 bits per heavy atom. The van der Waals surface area contributed by atoms with Crippen LogP contribution in [0.3, 0.4) is 0 Å². The monoisotopic (exact) mass is 333 g/mol. The lowest BCUT2D eigenvalue weighted by molar-refractivity contribution is -0.119. The van der Waals surface area contributed by atoms with Crippen LogP contribution in [0.15, 0.2) is 18.3 Å². The zero-order chi connectivity index (χ0) is 17.5. The fraction of sp³-hybridized carbons (Fsp3) is 0.588. The van der Waals surface area contributed by atoms with Gasteiger partial charge in [-0.2, -0.15) is 0 Å². The van der Waals surface area contributed by atoms with Gasteiger partial charge in [0.2, 0.25) is 5.91 Å². The van der Waals surface area contributed by atoms with Crippen LogP contribution in [0.2, 0.25) is 0 Å². The molecule has 3 amide bonds. The molecule has 0 radical (unpaired) electrons. The smallest absolute Gasteiger partial charge is 0.312 e. The van der Waals surface area contributed by atoms with Crippen molar-refractivity contribution in [3.8, 4) is 0 Å². The van der Waals surface area contributed by atoms with Crippen molar-refractivity contribution in [3.05, 3.63) is 18.3 Å². The first-order chi connectivity index (χ1) is 11.5. The molecular weight excluding hydrogens is 306 g/mol. The third kappa shape index (κ3) is 4.84. The Hall–Kier alpha value is -2.31. The van der Waals surface area contributed by atoms with E-state index in [2.05, 4.69) is 20.5 Å². The van der Waals surface area contributed by atoms with E-state index in [1.54, 1.807) is 6.20 Å². The highest BCUT2D eigenvalue weighted by Gasteiger charge is 2.25. The van der Waals surface area contributed by atoms with Gasteiger partial charge < -0.3 is 21.3 Å². The molecule has 132 valence electrons. The third-order valence-corrected chi connectivity index (χ3v) is 4.49. The van der Waals surface area contributed by atoms with Crippen molar-refractivity contribution >= 4 is 23.4 Å². The maximum atomic E-state index is 12.4. The number of aromatic nitrogens is 1. The maximum Gasteiger partial charge on any atom is 0.312 e. The van der Waals surface area contributed by atoms with E-state index in [9.17, 15) is 9.59 Å². The fourth-order valence-corrected chi connectivity index (χ4v) is 2.85. The average Bonchev–Trinajstić information content (AvgIpc) is 2.60. The van der Waals surface area contributed by atoms with Crippen LogP contribution in [0.5, 0.6) is 0 Å². The highest BCUT2D eigenvalue weighted by atomic mass is 16.2. The Kier molecular flexibility index (Phi) is 6.40. The molecule has 2 heterocycles. The molecule has 1 aromatic rings. The number of amides is 3. The molecule has 0 bridgehead atoms. The lowest BCUT2D eigenvalue weighted by atomic mass is 9.98. The van der Waals surface area contributed by atoms with Gasteiger partial charge in [0.25, 0.3) is 0 Å². The van der Waals surface area contributed by atoms with E-state index in [1.165, 1.54) is 19.3 Å². The summed E-state index contributed by atoms with van der Waals surface area (Å²) >= 11 is 0. The Morgan fingerprint density at radius 2 is 2.00 bits per heavy atom. The summed E-state index contributed by atoms with van der Waals surface area (Å²) in [4.78, 5) is 30.2. The minimum Gasteiger partial charge on any atom is -0.357 e. The molecule has 1 aromatic heterocycles. The van der Waals surface area contributed by atoms with Crippen molar-refractivity contribution in [2.75, 3.05) is 23.3 Å². The largest absolute Gasteiger partial charge is 0.357 e. The molecule has 0 unspecified atom stereocenters. The van der Waals surface area contributed by atoms with Crippen LogP contribution in [0, 0.1) is 5.92 Å². The van der Waals surface area contributed by atoms with E-state index in [-0.39, 0.29) is 11.8 Å². The number of nitrogens with two attached hydrogens (primary N) is 1. The highest BCUT2D eigenvalue weighted by Crippen LogP contribution is 2.19. The van der Waals surface area contributed by atoms with Crippen LogP contribution in [-0.2, 0) is 4.79 Å². The van der Waals surface area contributed by atoms with Crippen molar-refractivity contribution in [3.63, 3.8) is 0 Å². The van der Waals surface area contributed by atoms with Crippen LogP contribution >= 0.6 is 0 Å². The second-order valence-electron chi connectivity index (χ2n) is 6.31. The Labute approximate surface area is 143 Å². The third-order valence-electron chi connectivity index (χ3n) is 4.49. The topological polar surface area (TPSA) is 100 Å². The number of primary amides is 1. The van der Waals surface area contributed by atoms with Crippen LogP contribution in [0.25, 0.3) is 0 Å². The number of nitrogens with zero attached hydrogens (tertiary/aromatic N) is 2. The molecule has 24 heavy (non-hydrogen) atoms. The highest BCUT2D eigenvalue weighted by molar-refractivity contribution is 5.97. The van der Waals surface area contributed by atoms with Gasteiger partial charge in [-0.25, -0.2) is 9.78 Å². The van der Waals surface area contributed by atoms with E-state index < -0.39 is 12.1 Å². The summed E-state index contributed by atoms with van der Waals surface area (Å²) < 4.78 is 0. The van der Waals surface area contributed by atoms with Gasteiger partial charge in [0.1, 0.15) is 11.9 Å². The van der Waals surface area contributed by atoms with Gasteiger partial charge in [0.05, 0.1) is 11.9 Å². The zero-order valence-electron chi connectivity index (χ0n) is 14.4. The first kappa shape index (κ1) is 18.0. The first-order valence-electron chi connectivity index (χ1n) is 8.59. The molecule has 2 rings (SSSR count). The predicted molar refractivity (Wildman–Crippen MR) is 94.9 cm³/mol. The van der Waals surface area contributed by atoms with E-state index >= 15 is 0 Å². The Bertz CT molecular complexity index is 555. The maximum absolute atomic E-state index is 12.4. The van der Waals surface area contributed by atoms with Gasteiger partial charge in [0.15, 0.2) is 0 Å². The summed E-state index contributed by atoms with van der Waals surface area (Å²) in [7, 11) is 0. The number of nitrogens with one attached hydrogen (secondary N) is 2. The Morgan fingerprint density at radius 3 is 2.54 bits per heavy atom. The van der Waals surface area contributed by atoms with E-state index in [0.29, 0.717) is 5.69 Å². The number of rotatable bonds is 6. The molecule has 0 spiro atoms. The molecule has 0 aliphatic carbocycles. The summed E-state index contributed by atoms with van der Waals surface area (Å²) in [6.07, 6.45) is 6.06.